The van der Waals surface area contributed by atoms with Crippen LogP contribution in [0.15, 0.2) is 67.0 Å². The Morgan fingerprint density at radius 2 is 1.71 bits per heavy atom. The van der Waals surface area contributed by atoms with E-state index in [9.17, 15) is 4.79 Å². The van der Waals surface area contributed by atoms with Crippen molar-refractivity contribution in [3.8, 4) is 33.9 Å². The summed E-state index contributed by atoms with van der Waals surface area (Å²) in [5.74, 6) is 1.56. The fourth-order valence-corrected chi connectivity index (χ4v) is 3.19. The van der Waals surface area contributed by atoms with E-state index < -0.39 is 0 Å². The van der Waals surface area contributed by atoms with Crippen molar-refractivity contribution in [1.82, 2.24) is 9.38 Å². The van der Waals surface area contributed by atoms with E-state index in [1.165, 1.54) is 0 Å². The van der Waals surface area contributed by atoms with Crippen LogP contribution in [0.3, 0.4) is 0 Å². The number of nitrogens with one attached hydrogen (secondary N) is 1. The first kappa shape index (κ1) is 17.6. The van der Waals surface area contributed by atoms with Crippen molar-refractivity contribution >= 4 is 17.7 Å². The molecule has 0 atom stereocenters. The van der Waals surface area contributed by atoms with E-state index in [-0.39, 0.29) is 0 Å². The van der Waals surface area contributed by atoms with E-state index in [1.807, 2.05) is 65.2 Å². The Morgan fingerprint density at radius 3 is 2.43 bits per heavy atom. The largest absolute Gasteiger partial charge is 0.497 e. The first-order chi connectivity index (χ1) is 13.7. The van der Waals surface area contributed by atoms with Crippen molar-refractivity contribution in [2.45, 2.75) is 0 Å². The molecule has 0 spiro atoms. The van der Waals surface area contributed by atoms with Crippen LogP contribution in [0.2, 0.25) is 0 Å². The number of carbonyl (C=O) groups excluding carboxylic acids is 1. The lowest BCUT2D eigenvalue weighted by Crippen LogP contribution is -1.99. The molecule has 2 heterocycles. The summed E-state index contributed by atoms with van der Waals surface area (Å²) in [5.41, 5.74) is 5.12. The van der Waals surface area contributed by atoms with Crippen molar-refractivity contribution in [3.63, 3.8) is 0 Å². The van der Waals surface area contributed by atoms with E-state index in [4.69, 9.17) is 9.47 Å². The van der Waals surface area contributed by atoms with E-state index in [2.05, 4.69) is 10.3 Å². The van der Waals surface area contributed by atoms with Crippen LogP contribution in [0.1, 0.15) is 0 Å². The number of hydrogen-bond acceptors (Lipinski definition) is 4. The molecular formula is C22H19N3O3. The van der Waals surface area contributed by atoms with Gasteiger partial charge in [-0.3, -0.25) is 9.20 Å². The van der Waals surface area contributed by atoms with E-state index in [0.717, 1.165) is 33.9 Å². The molecule has 0 bridgehead atoms. The Kier molecular flexibility index (Phi) is 4.68. The fourth-order valence-electron chi connectivity index (χ4n) is 3.19. The minimum Gasteiger partial charge on any atom is -0.497 e. The monoisotopic (exact) mass is 373 g/mol. The van der Waals surface area contributed by atoms with Crippen LogP contribution in [0.4, 0.5) is 5.69 Å². The average molecular weight is 373 g/mol. The predicted molar refractivity (Wildman–Crippen MR) is 109 cm³/mol. The van der Waals surface area contributed by atoms with Crippen LogP contribution in [-0.2, 0) is 4.79 Å². The molecule has 0 saturated carbocycles. The molecular weight excluding hydrogens is 354 g/mol. The zero-order valence-corrected chi connectivity index (χ0v) is 15.5. The lowest BCUT2D eigenvalue weighted by atomic mass is 10.1. The van der Waals surface area contributed by atoms with Crippen LogP contribution in [-0.4, -0.2) is 30.0 Å². The number of carbonyl (C=O) groups is 1. The summed E-state index contributed by atoms with van der Waals surface area (Å²) in [6.07, 6.45) is 4.46. The summed E-state index contributed by atoms with van der Waals surface area (Å²) in [6, 6.07) is 17.5. The van der Waals surface area contributed by atoms with Gasteiger partial charge in [0, 0.05) is 17.3 Å². The minimum absolute atomic E-state index is 0.637. The number of ether oxygens (including phenoxy) is 2. The molecule has 0 saturated heterocycles. The van der Waals surface area contributed by atoms with Crippen molar-refractivity contribution in [2.75, 3.05) is 19.5 Å². The summed E-state index contributed by atoms with van der Waals surface area (Å²) >= 11 is 0. The van der Waals surface area contributed by atoms with E-state index >= 15 is 0 Å². The molecule has 0 unspecified atom stereocenters. The molecule has 0 aliphatic heterocycles. The number of fused-ring (bicyclic) bond motifs is 1. The van der Waals surface area contributed by atoms with Crippen LogP contribution in [0.5, 0.6) is 11.5 Å². The molecule has 2 aromatic heterocycles. The third-order valence-corrected chi connectivity index (χ3v) is 4.61. The molecule has 4 aromatic rings. The molecule has 0 fully saturated rings. The molecule has 1 amide bonds. The Labute approximate surface area is 162 Å². The van der Waals surface area contributed by atoms with Crippen LogP contribution < -0.4 is 14.8 Å². The van der Waals surface area contributed by atoms with Crippen LogP contribution in [0.25, 0.3) is 28.0 Å². The summed E-state index contributed by atoms with van der Waals surface area (Å²) in [7, 11) is 3.28. The predicted octanol–water partition coefficient (Wildman–Crippen LogP) is 4.25. The maximum Gasteiger partial charge on any atom is 0.211 e. The standard InChI is InChI=1S/C22H19N3O3/c1-27-18-8-6-15(7-9-18)17-11-20(24-14-26)22-23-12-21(25(22)13-17)16-4-3-5-19(10-16)28-2/h3-14H,1-2H3,(H,24,26). The highest BCUT2D eigenvalue weighted by Gasteiger charge is 2.13. The number of amides is 1. The summed E-state index contributed by atoms with van der Waals surface area (Å²) in [6.45, 7) is 0. The molecule has 28 heavy (non-hydrogen) atoms. The Bertz CT molecular complexity index is 1130. The van der Waals surface area contributed by atoms with E-state index in [0.29, 0.717) is 17.7 Å². The number of rotatable bonds is 6. The van der Waals surface area contributed by atoms with Crippen molar-refractivity contribution < 1.29 is 14.3 Å². The number of methoxy groups -OCH3 is 2. The number of anilines is 1. The molecule has 4 rings (SSSR count). The van der Waals surface area contributed by atoms with E-state index in [1.54, 1.807) is 20.4 Å². The zero-order chi connectivity index (χ0) is 19.5. The summed E-state index contributed by atoms with van der Waals surface area (Å²) in [5, 5.41) is 2.76. The van der Waals surface area contributed by atoms with Gasteiger partial charge in [0.2, 0.25) is 6.41 Å². The maximum atomic E-state index is 11.1. The number of hydrogen-bond donors (Lipinski definition) is 1. The molecule has 1 N–H and O–H groups in total. The highest BCUT2D eigenvalue weighted by atomic mass is 16.5. The molecule has 2 aromatic carbocycles. The highest BCUT2D eigenvalue weighted by molar-refractivity contribution is 5.86. The highest BCUT2D eigenvalue weighted by Crippen LogP contribution is 2.31. The van der Waals surface area contributed by atoms with Gasteiger partial charge < -0.3 is 14.8 Å². The van der Waals surface area contributed by atoms with Gasteiger partial charge in [-0.15, -0.1) is 0 Å². The van der Waals surface area contributed by atoms with Crippen molar-refractivity contribution in [2.24, 2.45) is 0 Å². The quantitative estimate of drug-likeness (QED) is 0.513. The van der Waals surface area contributed by atoms with Gasteiger partial charge in [-0.05, 0) is 35.9 Å². The van der Waals surface area contributed by atoms with Gasteiger partial charge in [-0.2, -0.15) is 0 Å². The Balaban J connectivity index is 1.90. The van der Waals surface area contributed by atoms with Gasteiger partial charge in [0.1, 0.15) is 11.5 Å². The topological polar surface area (TPSA) is 64.9 Å². The number of aromatic nitrogens is 2. The Morgan fingerprint density at radius 1 is 0.929 bits per heavy atom. The van der Waals surface area contributed by atoms with Gasteiger partial charge in [0.25, 0.3) is 0 Å². The van der Waals surface area contributed by atoms with Gasteiger partial charge in [-0.1, -0.05) is 24.3 Å². The van der Waals surface area contributed by atoms with Crippen molar-refractivity contribution in [1.29, 1.82) is 0 Å². The number of benzene rings is 2. The Hall–Kier alpha value is -3.80. The van der Waals surface area contributed by atoms with Gasteiger partial charge >= 0.3 is 0 Å². The SMILES string of the molecule is COc1ccc(-c2cc(NC=O)c3ncc(-c4cccc(OC)c4)n3c2)cc1. The van der Waals surface area contributed by atoms with Gasteiger partial charge in [-0.25, -0.2) is 4.98 Å². The van der Waals surface area contributed by atoms with Crippen LogP contribution >= 0.6 is 0 Å². The van der Waals surface area contributed by atoms with Crippen LogP contribution in [0, 0.1) is 0 Å². The second kappa shape index (κ2) is 7.44. The molecule has 6 nitrogen and oxygen atoms in total. The first-order valence-electron chi connectivity index (χ1n) is 8.73. The van der Waals surface area contributed by atoms with Crippen molar-refractivity contribution in [3.05, 3.63) is 67.0 Å². The fraction of sp³-hybridized carbons (Fsp3) is 0.0909. The number of imidazole rings is 1. The molecule has 140 valence electrons. The normalized spacial score (nSPS) is 10.6. The third-order valence-electron chi connectivity index (χ3n) is 4.61. The summed E-state index contributed by atoms with van der Waals surface area (Å²) in [4.78, 5) is 15.6. The van der Waals surface area contributed by atoms with Gasteiger partial charge in [0.15, 0.2) is 5.65 Å². The molecule has 0 aliphatic carbocycles. The average Bonchev–Trinajstić information content (AvgIpc) is 3.18. The third kappa shape index (κ3) is 3.16. The van der Waals surface area contributed by atoms with Gasteiger partial charge in [0.05, 0.1) is 31.8 Å². The maximum absolute atomic E-state index is 11.1. The second-order valence-corrected chi connectivity index (χ2v) is 6.20. The summed E-state index contributed by atoms with van der Waals surface area (Å²) < 4.78 is 12.6. The lowest BCUT2D eigenvalue weighted by molar-refractivity contribution is -0.105. The minimum atomic E-state index is 0.637. The molecule has 6 heteroatoms. The smallest absolute Gasteiger partial charge is 0.211 e. The molecule has 0 radical (unpaired) electrons. The lowest BCUT2D eigenvalue weighted by Gasteiger charge is -2.11. The molecule has 0 aliphatic rings. The second-order valence-electron chi connectivity index (χ2n) is 6.20. The zero-order valence-electron chi connectivity index (χ0n) is 15.5. The first-order valence-corrected chi connectivity index (χ1v) is 8.73. The number of nitrogens with zero attached hydrogens (tertiary/aromatic N) is 2. The number of pyridine rings is 1.